The number of hydrogen-bond donors (Lipinski definition) is 0. The highest BCUT2D eigenvalue weighted by atomic mass is 16.5. The van der Waals surface area contributed by atoms with Crippen molar-refractivity contribution < 1.29 is 9.53 Å². The highest BCUT2D eigenvalue weighted by Crippen LogP contribution is 2.34. The molecule has 0 amide bonds. The Hall–Kier alpha value is -2.10. The number of rotatable bonds is 3. The van der Waals surface area contributed by atoms with Crippen LogP contribution < -0.4 is 4.74 Å². The maximum atomic E-state index is 11.3. The van der Waals surface area contributed by atoms with Gasteiger partial charge in [0.2, 0.25) is 0 Å². The van der Waals surface area contributed by atoms with E-state index in [0.29, 0.717) is 11.5 Å². The average Bonchev–Trinajstić information content (AvgIpc) is 2.88. The molecule has 0 saturated heterocycles. The van der Waals surface area contributed by atoms with E-state index in [1.165, 1.54) is 5.56 Å². The lowest BCUT2D eigenvalue weighted by atomic mass is 9.93. The van der Waals surface area contributed by atoms with Crippen LogP contribution in [0.5, 0.6) is 5.75 Å². The van der Waals surface area contributed by atoms with Crippen LogP contribution in [0.15, 0.2) is 36.7 Å². The molecule has 3 rings (SSSR count). The summed E-state index contributed by atoms with van der Waals surface area (Å²) in [6, 6.07) is 8.13. The van der Waals surface area contributed by atoms with Gasteiger partial charge in [0.1, 0.15) is 5.75 Å². The molecule has 2 aromatic rings. The zero-order chi connectivity index (χ0) is 13.2. The first-order valence-electron chi connectivity index (χ1n) is 6.49. The van der Waals surface area contributed by atoms with E-state index < -0.39 is 0 Å². The Bertz CT molecular complexity index is 604. The molecule has 0 N–H and O–H groups in total. The maximum absolute atomic E-state index is 11.3. The minimum atomic E-state index is 0.0543. The van der Waals surface area contributed by atoms with E-state index in [1.54, 1.807) is 13.1 Å². The summed E-state index contributed by atoms with van der Waals surface area (Å²) in [7, 11) is 0. The Morgan fingerprint density at radius 3 is 3.11 bits per heavy atom. The number of para-hydroxylation sites is 1. The quantitative estimate of drug-likeness (QED) is 0.793. The highest BCUT2D eigenvalue weighted by Gasteiger charge is 2.21. The summed E-state index contributed by atoms with van der Waals surface area (Å²) in [6.45, 7) is 3.08. The lowest BCUT2D eigenvalue weighted by Gasteiger charge is -2.25. The number of ether oxygens (including phenoxy) is 1. The summed E-state index contributed by atoms with van der Waals surface area (Å²) >= 11 is 0. The van der Waals surface area contributed by atoms with Gasteiger partial charge in [-0.05, 0) is 25.0 Å². The van der Waals surface area contributed by atoms with Crippen LogP contribution in [-0.2, 0) is 6.54 Å². The maximum Gasteiger partial charge on any atom is 0.162 e. The van der Waals surface area contributed by atoms with E-state index in [0.717, 1.165) is 25.3 Å². The molecule has 0 bridgehead atoms. The van der Waals surface area contributed by atoms with Crippen molar-refractivity contribution in [3.63, 3.8) is 0 Å². The van der Waals surface area contributed by atoms with Crippen molar-refractivity contribution in [2.75, 3.05) is 6.61 Å². The molecule has 1 aliphatic rings. The topological polar surface area (TPSA) is 44.1 Å². The fraction of sp³-hybridized carbons (Fsp3) is 0.333. The van der Waals surface area contributed by atoms with E-state index in [-0.39, 0.29) is 5.78 Å². The third-order valence-corrected chi connectivity index (χ3v) is 3.53. The van der Waals surface area contributed by atoms with Crippen LogP contribution in [0.4, 0.5) is 0 Å². The van der Waals surface area contributed by atoms with Gasteiger partial charge in [-0.1, -0.05) is 18.2 Å². The van der Waals surface area contributed by atoms with Gasteiger partial charge in [-0.3, -0.25) is 9.48 Å². The minimum absolute atomic E-state index is 0.0543. The van der Waals surface area contributed by atoms with Gasteiger partial charge in [0.05, 0.1) is 18.4 Å². The van der Waals surface area contributed by atoms with Crippen molar-refractivity contribution in [1.29, 1.82) is 0 Å². The van der Waals surface area contributed by atoms with Gasteiger partial charge >= 0.3 is 0 Å². The number of benzene rings is 1. The van der Waals surface area contributed by atoms with Crippen molar-refractivity contribution >= 4 is 5.78 Å². The molecular formula is C15H16N2O2. The Morgan fingerprint density at radius 2 is 2.32 bits per heavy atom. The van der Waals surface area contributed by atoms with E-state index in [2.05, 4.69) is 11.2 Å². The molecule has 1 atom stereocenters. The number of aromatic nitrogens is 2. The van der Waals surface area contributed by atoms with Gasteiger partial charge in [-0.15, -0.1) is 0 Å². The van der Waals surface area contributed by atoms with Crippen LogP contribution in [0.2, 0.25) is 0 Å². The first-order valence-corrected chi connectivity index (χ1v) is 6.49. The third kappa shape index (κ3) is 2.38. The molecule has 4 heteroatoms. The lowest BCUT2D eigenvalue weighted by Crippen LogP contribution is -2.18. The van der Waals surface area contributed by atoms with E-state index in [9.17, 15) is 4.79 Å². The van der Waals surface area contributed by atoms with Crippen LogP contribution in [0.25, 0.3) is 0 Å². The van der Waals surface area contributed by atoms with Gasteiger partial charge in [0.15, 0.2) is 5.78 Å². The molecule has 1 unspecified atom stereocenters. The molecule has 0 aliphatic carbocycles. The number of nitrogens with zero attached hydrogens (tertiary/aromatic N) is 2. The second-order valence-electron chi connectivity index (χ2n) is 4.88. The lowest BCUT2D eigenvalue weighted by molar-refractivity contribution is 0.101. The normalized spacial score (nSPS) is 17.6. The van der Waals surface area contributed by atoms with Gasteiger partial charge < -0.3 is 4.74 Å². The summed E-state index contributed by atoms with van der Waals surface area (Å²) in [5.41, 5.74) is 1.90. The summed E-state index contributed by atoms with van der Waals surface area (Å²) in [5.74, 6) is 1.42. The fourth-order valence-electron chi connectivity index (χ4n) is 2.48. The third-order valence-electron chi connectivity index (χ3n) is 3.53. The standard InChI is InChI=1S/C15H16N2O2/c1-11(18)13-8-16-17(10-13)9-12-6-7-19-15-5-3-2-4-14(12)15/h2-5,8,10,12H,6-7,9H2,1H3. The Labute approximate surface area is 112 Å². The molecule has 2 heterocycles. The molecule has 4 nitrogen and oxygen atoms in total. The second kappa shape index (κ2) is 4.88. The number of fused-ring (bicyclic) bond motifs is 1. The van der Waals surface area contributed by atoms with Crippen LogP contribution >= 0.6 is 0 Å². The Kier molecular flexibility index (Phi) is 3.07. The van der Waals surface area contributed by atoms with Gasteiger partial charge in [0, 0.05) is 18.7 Å². The summed E-state index contributed by atoms with van der Waals surface area (Å²) in [4.78, 5) is 11.3. The van der Waals surface area contributed by atoms with Crippen LogP contribution in [0, 0.1) is 0 Å². The van der Waals surface area contributed by atoms with Crippen molar-refractivity contribution in [2.45, 2.75) is 25.8 Å². The summed E-state index contributed by atoms with van der Waals surface area (Å²) < 4.78 is 7.50. The minimum Gasteiger partial charge on any atom is -0.493 e. The zero-order valence-corrected chi connectivity index (χ0v) is 10.9. The molecule has 1 aliphatic heterocycles. The number of carbonyl (C=O) groups excluding carboxylic acids is 1. The van der Waals surface area contributed by atoms with Gasteiger partial charge in [0.25, 0.3) is 0 Å². The van der Waals surface area contributed by atoms with Crippen LogP contribution in [-0.4, -0.2) is 22.2 Å². The van der Waals surface area contributed by atoms with Crippen molar-refractivity contribution in [3.05, 3.63) is 47.8 Å². The number of ketones is 1. The molecule has 1 aromatic heterocycles. The predicted octanol–water partition coefficient (Wildman–Crippen LogP) is 2.65. The average molecular weight is 256 g/mol. The highest BCUT2D eigenvalue weighted by molar-refractivity contribution is 5.93. The monoisotopic (exact) mass is 256 g/mol. The SMILES string of the molecule is CC(=O)c1cnn(CC2CCOc3ccccc32)c1. The largest absolute Gasteiger partial charge is 0.493 e. The number of Topliss-reactive ketones (excluding diaryl/α,β-unsaturated/α-hetero) is 1. The zero-order valence-electron chi connectivity index (χ0n) is 10.9. The van der Waals surface area contributed by atoms with Crippen LogP contribution in [0.1, 0.15) is 35.2 Å². The van der Waals surface area contributed by atoms with Gasteiger partial charge in [-0.25, -0.2) is 0 Å². The molecule has 98 valence electrons. The molecule has 0 spiro atoms. The molecule has 0 radical (unpaired) electrons. The number of carbonyl (C=O) groups is 1. The smallest absolute Gasteiger partial charge is 0.162 e. The predicted molar refractivity (Wildman–Crippen MR) is 71.5 cm³/mol. The molecule has 19 heavy (non-hydrogen) atoms. The van der Waals surface area contributed by atoms with Crippen LogP contribution in [0.3, 0.4) is 0 Å². The van der Waals surface area contributed by atoms with Crippen molar-refractivity contribution in [3.8, 4) is 5.75 Å². The number of hydrogen-bond acceptors (Lipinski definition) is 3. The molecular weight excluding hydrogens is 240 g/mol. The summed E-state index contributed by atoms with van der Waals surface area (Å²) in [6.07, 6.45) is 4.43. The molecule has 1 aromatic carbocycles. The van der Waals surface area contributed by atoms with Crippen molar-refractivity contribution in [2.24, 2.45) is 0 Å². The van der Waals surface area contributed by atoms with Gasteiger partial charge in [-0.2, -0.15) is 5.10 Å². The van der Waals surface area contributed by atoms with Crippen molar-refractivity contribution in [1.82, 2.24) is 9.78 Å². The van der Waals surface area contributed by atoms with E-state index >= 15 is 0 Å². The van der Waals surface area contributed by atoms with E-state index in [1.807, 2.05) is 29.1 Å². The second-order valence-corrected chi connectivity index (χ2v) is 4.88. The first-order chi connectivity index (χ1) is 9.24. The Morgan fingerprint density at radius 1 is 1.47 bits per heavy atom. The molecule has 0 fully saturated rings. The summed E-state index contributed by atoms with van der Waals surface area (Å²) in [5, 5.41) is 4.26. The first kappa shape index (κ1) is 12.0. The molecule has 0 saturated carbocycles. The fourth-order valence-corrected chi connectivity index (χ4v) is 2.48. The van der Waals surface area contributed by atoms with E-state index in [4.69, 9.17) is 4.74 Å². The Balaban J connectivity index is 1.82.